The fraction of sp³-hybridized carbons (Fsp3) is 0.263. The van der Waals surface area contributed by atoms with Crippen LogP contribution < -0.4 is 16.4 Å². The Balaban J connectivity index is 2.00. The van der Waals surface area contributed by atoms with E-state index in [0.717, 1.165) is 5.56 Å². The summed E-state index contributed by atoms with van der Waals surface area (Å²) >= 11 is 0. The molecule has 0 saturated carbocycles. The number of nitrogens with two attached hydrogens (primary N) is 1. The highest BCUT2D eigenvalue weighted by Gasteiger charge is 2.21. The summed E-state index contributed by atoms with van der Waals surface area (Å²) in [5.41, 5.74) is 6.75. The molecule has 3 amide bonds. The molecule has 0 fully saturated rings. The summed E-state index contributed by atoms with van der Waals surface area (Å²) in [5, 5.41) is 14.7. The van der Waals surface area contributed by atoms with Crippen molar-refractivity contribution in [2.24, 2.45) is 5.73 Å². The van der Waals surface area contributed by atoms with Crippen molar-refractivity contribution in [1.82, 2.24) is 10.6 Å². The number of carbonyl (C=O) groups is 2. The Bertz CT molecular complexity index is 723. The average Bonchev–Trinajstić information content (AvgIpc) is 2.63. The van der Waals surface area contributed by atoms with E-state index in [1.807, 2.05) is 30.3 Å². The second-order valence-corrected chi connectivity index (χ2v) is 5.93. The van der Waals surface area contributed by atoms with Gasteiger partial charge in [-0.1, -0.05) is 42.5 Å². The highest BCUT2D eigenvalue weighted by molar-refractivity contribution is 5.86. The Morgan fingerprint density at radius 1 is 1.08 bits per heavy atom. The second-order valence-electron chi connectivity index (χ2n) is 5.93. The standard InChI is InChI=1S/C19H22FN3O3/c20-16-8-6-14(7-9-16)15(12-24)11-22-18(25)17(23-19(21)26)10-13-4-2-1-3-5-13/h1-9,15,17,24H,10-12H2,(H,22,25)(H3,21,23,26). The third-order valence-corrected chi connectivity index (χ3v) is 4.00. The fourth-order valence-corrected chi connectivity index (χ4v) is 2.60. The highest BCUT2D eigenvalue weighted by atomic mass is 19.1. The molecule has 138 valence electrons. The van der Waals surface area contributed by atoms with Crippen LogP contribution >= 0.6 is 0 Å². The Labute approximate surface area is 151 Å². The lowest BCUT2D eigenvalue weighted by Crippen LogP contribution is -2.50. The van der Waals surface area contributed by atoms with Gasteiger partial charge in [0.05, 0.1) is 6.61 Å². The maximum Gasteiger partial charge on any atom is 0.312 e. The van der Waals surface area contributed by atoms with Crippen molar-refractivity contribution in [3.8, 4) is 0 Å². The Morgan fingerprint density at radius 3 is 2.31 bits per heavy atom. The van der Waals surface area contributed by atoms with Crippen LogP contribution in [-0.4, -0.2) is 36.2 Å². The van der Waals surface area contributed by atoms with Gasteiger partial charge in [0.1, 0.15) is 11.9 Å². The molecule has 0 radical (unpaired) electrons. The second kappa shape index (κ2) is 9.53. The summed E-state index contributed by atoms with van der Waals surface area (Å²) in [6.45, 7) is -0.0643. The number of aliphatic hydroxyl groups is 1. The predicted molar refractivity (Wildman–Crippen MR) is 95.9 cm³/mol. The van der Waals surface area contributed by atoms with Gasteiger partial charge in [-0.15, -0.1) is 0 Å². The predicted octanol–water partition coefficient (Wildman–Crippen LogP) is 1.30. The van der Waals surface area contributed by atoms with E-state index in [4.69, 9.17) is 5.73 Å². The SMILES string of the molecule is NC(=O)NC(Cc1ccccc1)C(=O)NCC(CO)c1ccc(F)cc1. The lowest BCUT2D eigenvalue weighted by molar-refractivity contribution is -0.123. The number of primary amides is 1. The van der Waals surface area contributed by atoms with Crippen LogP contribution in [0.5, 0.6) is 0 Å². The van der Waals surface area contributed by atoms with E-state index >= 15 is 0 Å². The number of aliphatic hydroxyl groups excluding tert-OH is 1. The molecule has 0 saturated heterocycles. The van der Waals surface area contributed by atoms with Crippen LogP contribution in [-0.2, 0) is 11.2 Å². The van der Waals surface area contributed by atoms with Crippen LogP contribution in [0.2, 0.25) is 0 Å². The van der Waals surface area contributed by atoms with Crippen LogP contribution in [0, 0.1) is 5.82 Å². The first-order valence-electron chi connectivity index (χ1n) is 8.23. The third-order valence-electron chi connectivity index (χ3n) is 4.00. The normalized spacial score (nSPS) is 12.8. The maximum atomic E-state index is 13.0. The molecule has 6 nitrogen and oxygen atoms in total. The van der Waals surface area contributed by atoms with E-state index < -0.39 is 18.0 Å². The topological polar surface area (TPSA) is 104 Å². The molecule has 0 aromatic heterocycles. The van der Waals surface area contributed by atoms with Crippen molar-refractivity contribution in [3.63, 3.8) is 0 Å². The van der Waals surface area contributed by atoms with Crippen LogP contribution in [0.15, 0.2) is 54.6 Å². The lowest BCUT2D eigenvalue weighted by Gasteiger charge is -2.20. The number of rotatable bonds is 8. The minimum atomic E-state index is -0.831. The number of nitrogens with one attached hydrogen (secondary N) is 2. The monoisotopic (exact) mass is 359 g/mol. The van der Waals surface area contributed by atoms with E-state index in [0.29, 0.717) is 5.56 Å². The molecular weight excluding hydrogens is 337 g/mol. The van der Waals surface area contributed by atoms with Gasteiger partial charge >= 0.3 is 6.03 Å². The van der Waals surface area contributed by atoms with Crippen molar-refractivity contribution in [2.45, 2.75) is 18.4 Å². The number of halogens is 1. The number of amides is 3. The number of urea groups is 1. The van der Waals surface area contributed by atoms with Crippen LogP contribution in [0.25, 0.3) is 0 Å². The zero-order chi connectivity index (χ0) is 18.9. The van der Waals surface area contributed by atoms with E-state index in [1.165, 1.54) is 12.1 Å². The molecule has 2 unspecified atom stereocenters. The van der Waals surface area contributed by atoms with Crippen molar-refractivity contribution >= 4 is 11.9 Å². The van der Waals surface area contributed by atoms with Crippen molar-refractivity contribution in [1.29, 1.82) is 0 Å². The average molecular weight is 359 g/mol. The van der Waals surface area contributed by atoms with Crippen LogP contribution in [0.1, 0.15) is 17.0 Å². The summed E-state index contributed by atoms with van der Waals surface area (Å²) in [6.07, 6.45) is 0.288. The van der Waals surface area contributed by atoms with Gasteiger partial charge in [-0.3, -0.25) is 4.79 Å². The fourth-order valence-electron chi connectivity index (χ4n) is 2.60. The molecule has 2 atom stereocenters. The number of benzene rings is 2. The summed E-state index contributed by atoms with van der Waals surface area (Å²) < 4.78 is 13.0. The Morgan fingerprint density at radius 2 is 1.73 bits per heavy atom. The smallest absolute Gasteiger partial charge is 0.312 e. The van der Waals surface area contributed by atoms with Crippen LogP contribution in [0.4, 0.5) is 9.18 Å². The molecule has 0 spiro atoms. The van der Waals surface area contributed by atoms with Crippen molar-refractivity contribution in [2.75, 3.05) is 13.2 Å². The molecule has 5 N–H and O–H groups in total. The quantitative estimate of drug-likeness (QED) is 0.571. The molecule has 26 heavy (non-hydrogen) atoms. The van der Waals surface area contributed by atoms with Gasteiger partial charge in [0, 0.05) is 18.9 Å². The van der Waals surface area contributed by atoms with Crippen molar-refractivity contribution in [3.05, 3.63) is 71.5 Å². The largest absolute Gasteiger partial charge is 0.396 e. The van der Waals surface area contributed by atoms with Gasteiger partial charge in [0.25, 0.3) is 0 Å². The molecule has 7 heteroatoms. The number of carbonyl (C=O) groups excluding carboxylic acids is 2. The van der Waals surface area contributed by atoms with Gasteiger partial charge in [-0.2, -0.15) is 0 Å². The maximum absolute atomic E-state index is 13.0. The molecule has 0 bridgehead atoms. The summed E-state index contributed by atoms with van der Waals surface area (Å²) in [6, 6.07) is 13.3. The van der Waals surface area contributed by atoms with E-state index in [-0.39, 0.29) is 31.3 Å². The molecule has 0 aliphatic carbocycles. The molecule has 0 aliphatic rings. The summed E-state index contributed by atoms with van der Waals surface area (Å²) in [5.74, 6) is -1.17. The lowest BCUT2D eigenvalue weighted by atomic mass is 9.99. The van der Waals surface area contributed by atoms with Crippen molar-refractivity contribution < 1.29 is 19.1 Å². The molecule has 2 aromatic rings. The number of hydrogen-bond donors (Lipinski definition) is 4. The van der Waals surface area contributed by atoms with Gasteiger partial charge in [0.2, 0.25) is 5.91 Å². The van der Waals surface area contributed by atoms with Gasteiger partial charge in [-0.25, -0.2) is 9.18 Å². The molecule has 2 aromatic carbocycles. The summed E-state index contributed by atoms with van der Waals surface area (Å²) in [7, 11) is 0. The van der Waals surface area contributed by atoms with Gasteiger partial charge in [0.15, 0.2) is 0 Å². The van der Waals surface area contributed by atoms with Crippen LogP contribution in [0.3, 0.4) is 0 Å². The first-order chi connectivity index (χ1) is 12.5. The van der Waals surface area contributed by atoms with E-state index in [2.05, 4.69) is 10.6 Å². The van der Waals surface area contributed by atoms with E-state index in [1.54, 1.807) is 12.1 Å². The Kier molecular flexibility index (Phi) is 7.11. The third kappa shape index (κ3) is 5.86. The first-order valence-corrected chi connectivity index (χ1v) is 8.23. The Hall–Kier alpha value is -2.93. The van der Waals surface area contributed by atoms with E-state index in [9.17, 15) is 19.1 Å². The zero-order valence-electron chi connectivity index (χ0n) is 14.2. The highest BCUT2D eigenvalue weighted by Crippen LogP contribution is 2.15. The molecule has 0 heterocycles. The molecular formula is C19H22FN3O3. The molecule has 2 rings (SSSR count). The first kappa shape index (κ1) is 19.4. The minimum Gasteiger partial charge on any atom is -0.396 e. The summed E-state index contributed by atoms with van der Waals surface area (Å²) in [4.78, 5) is 23.7. The molecule has 0 aliphatic heterocycles. The zero-order valence-corrected chi connectivity index (χ0v) is 14.2. The van der Waals surface area contributed by atoms with Gasteiger partial charge < -0.3 is 21.5 Å². The van der Waals surface area contributed by atoms with Gasteiger partial charge in [-0.05, 0) is 23.3 Å². The minimum absolute atomic E-state index is 0.146. The number of hydrogen-bond acceptors (Lipinski definition) is 3.